The summed E-state index contributed by atoms with van der Waals surface area (Å²) in [6, 6.07) is 16.3. The first-order valence-corrected chi connectivity index (χ1v) is 13.2. The highest BCUT2D eigenvalue weighted by Gasteiger charge is 2.43. The molecule has 0 radical (unpaired) electrons. The first-order chi connectivity index (χ1) is 19.0. The third-order valence-corrected chi connectivity index (χ3v) is 5.79. The molecule has 10 nitrogen and oxygen atoms in total. The Morgan fingerprint density at radius 1 is 0.925 bits per heavy atom. The van der Waals surface area contributed by atoms with Gasteiger partial charge in [0.05, 0.1) is 12.1 Å². The summed E-state index contributed by atoms with van der Waals surface area (Å²) in [5, 5.41) is 8.05. The standard InChI is InChI=1S/C30H37N3O7/c1-6-17-31-27(35)26-24(32-19(2)34)22(33-29(37)40-30(3,4)5)18-23(38-26)28(36)39-25(20-13-9-7-10-14-20)21-15-11-8-12-16-21/h7-16,18,22,24-26H,6,17H2,1-5H3,(H,31,35)(H,32,34)(H,33,37)/t22-,24+,26+/m0/s1. The molecule has 2 aromatic rings. The molecule has 1 aliphatic rings. The second kappa shape index (κ2) is 13.6. The molecule has 3 atom stereocenters. The molecule has 0 saturated carbocycles. The Hall–Kier alpha value is -4.34. The van der Waals surface area contributed by atoms with E-state index in [4.69, 9.17) is 14.2 Å². The van der Waals surface area contributed by atoms with Crippen LogP contribution in [-0.4, -0.2) is 54.2 Å². The molecular weight excluding hydrogens is 514 g/mol. The molecule has 10 heteroatoms. The summed E-state index contributed by atoms with van der Waals surface area (Å²) in [6.07, 6.45) is -0.919. The molecule has 3 amide bonds. The Kier molecular flexibility index (Phi) is 10.3. The summed E-state index contributed by atoms with van der Waals surface area (Å²) in [5.74, 6) is -2.14. The third-order valence-electron chi connectivity index (χ3n) is 5.79. The molecular formula is C30H37N3O7. The number of amides is 3. The lowest BCUT2D eigenvalue weighted by molar-refractivity contribution is -0.151. The summed E-state index contributed by atoms with van der Waals surface area (Å²) in [4.78, 5) is 51.5. The van der Waals surface area contributed by atoms with Crippen molar-refractivity contribution in [2.45, 2.75) is 70.9 Å². The van der Waals surface area contributed by atoms with E-state index < -0.39 is 53.8 Å². The minimum atomic E-state index is -1.34. The van der Waals surface area contributed by atoms with Gasteiger partial charge < -0.3 is 30.2 Å². The van der Waals surface area contributed by atoms with Crippen LogP contribution in [0.3, 0.4) is 0 Å². The van der Waals surface area contributed by atoms with Crippen molar-refractivity contribution in [3.63, 3.8) is 0 Å². The fraction of sp³-hybridized carbons (Fsp3) is 0.400. The number of carbonyl (C=O) groups is 4. The third kappa shape index (κ3) is 8.59. The van der Waals surface area contributed by atoms with Crippen LogP contribution in [0.5, 0.6) is 0 Å². The lowest BCUT2D eigenvalue weighted by Crippen LogP contribution is -2.63. The Bertz CT molecular complexity index is 1170. The number of carbonyl (C=O) groups excluding carboxylic acids is 4. The van der Waals surface area contributed by atoms with Crippen LogP contribution in [0.2, 0.25) is 0 Å². The number of rotatable bonds is 9. The highest BCUT2D eigenvalue weighted by molar-refractivity contribution is 5.90. The average Bonchev–Trinajstić information content (AvgIpc) is 2.90. The van der Waals surface area contributed by atoms with Crippen molar-refractivity contribution in [2.24, 2.45) is 0 Å². The van der Waals surface area contributed by atoms with Crippen molar-refractivity contribution in [3.8, 4) is 0 Å². The monoisotopic (exact) mass is 551 g/mol. The van der Waals surface area contributed by atoms with E-state index in [1.807, 2.05) is 67.6 Å². The number of alkyl carbamates (subject to hydrolysis) is 1. The topological polar surface area (TPSA) is 132 Å². The smallest absolute Gasteiger partial charge is 0.408 e. The normalized spacial score (nSPS) is 18.6. The highest BCUT2D eigenvalue weighted by Crippen LogP contribution is 2.29. The quantitative estimate of drug-likeness (QED) is 0.406. The van der Waals surface area contributed by atoms with Crippen molar-refractivity contribution in [1.29, 1.82) is 0 Å². The minimum Gasteiger partial charge on any atom is -0.471 e. The lowest BCUT2D eigenvalue weighted by Gasteiger charge is -2.37. The second-order valence-corrected chi connectivity index (χ2v) is 10.4. The van der Waals surface area contributed by atoms with Crippen LogP contribution in [0.15, 0.2) is 72.5 Å². The van der Waals surface area contributed by atoms with E-state index in [1.165, 1.54) is 13.0 Å². The van der Waals surface area contributed by atoms with Gasteiger partial charge in [0.25, 0.3) is 5.91 Å². The second-order valence-electron chi connectivity index (χ2n) is 10.4. The predicted octanol–water partition coefficient (Wildman–Crippen LogP) is 3.53. The molecule has 0 aromatic heterocycles. The average molecular weight is 552 g/mol. The van der Waals surface area contributed by atoms with Gasteiger partial charge in [-0.05, 0) is 44.4 Å². The zero-order chi connectivity index (χ0) is 29.3. The molecule has 214 valence electrons. The molecule has 3 rings (SSSR count). The maximum atomic E-state index is 13.5. The number of benzene rings is 2. The van der Waals surface area contributed by atoms with E-state index in [1.54, 1.807) is 20.8 Å². The maximum absolute atomic E-state index is 13.5. The Labute approximate surface area is 234 Å². The number of esters is 1. The number of hydrogen-bond acceptors (Lipinski definition) is 7. The van der Waals surface area contributed by atoms with Gasteiger partial charge in [-0.25, -0.2) is 9.59 Å². The zero-order valence-electron chi connectivity index (χ0n) is 23.4. The van der Waals surface area contributed by atoms with Gasteiger partial charge in [-0.2, -0.15) is 0 Å². The van der Waals surface area contributed by atoms with E-state index >= 15 is 0 Å². The van der Waals surface area contributed by atoms with Gasteiger partial charge in [0.15, 0.2) is 12.2 Å². The van der Waals surface area contributed by atoms with Crippen LogP contribution in [-0.2, 0) is 28.6 Å². The summed E-state index contributed by atoms with van der Waals surface area (Å²) >= 11 is 0. The van der Waals surface area contributed by atoms with Crippen LogP contribution >= 0.6 is 0 Å². The SMILES string of the molecule is CCCNC(=O)[C@@H]1OC(C(=O)OC(c2ccccc2)c2ccccc2)=C[C@H](NC(=O)OC(C)(C)C)[C@H]1NC(C)=O. The summed E-state index contributed by atoms with van der Waals surface area (Å²) in [6.45, 7) is 8.63. The van der Waals surface area contributed by atoms with Crippen LogP contribution < -0.4 is 16.0 Å². The molecule has 0 spiro atoms. The number of hydrogen-bond donors (Lipinski definition) is 3. The van der Waals surface area contributed by atoms with Crippen molar-refractivity contribution in [2.75, 3.05) is 6.54 Å². The molecule has 1 heterocycles. The van der Waals surface area contributed by atoms with Gasteiger partial charge in [0, 0.05) is 13.5 Å². The maximum Gasteiger partial charge on any atom is 0.408 e. The van der Waals surface area contributed by atoms with Crippen LogP contribution in [0.4, 0.5) is 4.79 Å². The molecule has 0 saturated heterocycles. The van der Waals surface area contributed by atoms with Gasteiger partial charge in [-0.15, -0.1) is 0 Å². The molecule has 3 N–H and O–H groups in total. The highest BCUT2D eigenvalue weighted by atomic mass is 16.6. The largest absolute Gasteiger partial charge is 0.471 e. The predicted molar refractivity (Wildman–Crippen MR) is 148 cm³/mol. The molecule has 0 aliphatic carbocycles. The van der Waals surface area contributed by atoms with E-state index in [0.29, 0.717) is 13.0 Å². The van der Waals surface area contributed by atoms with E-state index in [0.717, 1.165) is 11.1 Å². The summed E-state index contributed by atoms with van der Waals surface area (Å²) < 4.78 is 17.2. The minimum absolute atomic E-state index is 0.281. The van der Waals surface area contributed by atoms with E-state index in [9.17, 15) is 19.2 Å². The van der Waals surface area contributed by atoms with Gasteiger partial charge in [0.2, 0.25) is 11.7 Å². The Morgan fingerprint density at radius 3 is 2.00 bits per heavy atom. The van der Waals surface area contributed by atoms with Gasteiger partial charge >= 0.3 is 12.1 Å². The van der Waals surface area contributed by atoms with Crippen LogP contribution in [0.25, 0.3) is 0 Å². The molecule has 2 aromatic carbocycles. The van der Waals surface area contributed by atoms with Crippen LogP contribution in [0.1, 0.15) is 58.3 Å². The Balaban J connectivity index is 1.98. The first-order valence-electron chi connectivity index (χ1n) is 13.2. The number of nitrogens with one attached hydrogen (secondary N) is 3. The van der Waals surface area contributed by atoms with E-state index in [-0.39, 0.29) is 5.76 Å². The van der Waals surface area contributed by atoms with Gasteiger partial charge in [0.1, 0.15) is 5.60 Å². The first kappa shape index (κ1) is 30.2. The number of ether oxygens (including phenoxy) is 3. The van der Waals surface area contributed by atoms with E-state index in [2.05, 4.69) is 16.0 Å². The van der Waals surface area contributed by atoms with Gasteiger partial charge in [-0.1, -0.05) is 67.6 Å². The summed E-state index contributed by atoms with van der Waals surface area (Å²) in [7, 11) is 0. The van der Waals surface area contributed by atoms with Crippen LogP contribution in [0, 0.1) is 0 Å². The molecule has 0 bridgehead atoms. The molecule has 0 unspecified atom stereocenters. The molecule has 1 aliphatic heterocycles. The van der Waals surface area contributed by atoms with Crippen molar-refractivity contribution < 1.29 is 33.4 Å². The lowest BCUT2D eigenvalue weighted by atomic mass is 9.97. The fourth-order valence-electron chi connectivity index (χ4n) is 4.11. The van der Waals surface area contributed by atoms with Gasteiger partial charge in [-0.3, -0.25) is 9.59 Å². The fourth-order valence-corrected chi connectivity index (χ4v) is 4.11. The Morgan fingerprint density at radius 2 is 1.50 bits per heavy atom. The molecule has 40 heavy (non-hydrogen) atoms. The summed E-state index contributed by atoms with van der Waals surface area (Å²) in [5.41, 5.74) is 0.659. The molecule has 0 fully saturated rings. The van der Waals surface area contributed by atoms with Crippen molar-refractivity contribution in [1.82, 2.24) is 16.0 Å². The zero-order valence-corrected chi connectivity index (χ0v) is 23.4. The van der Waals surface area contributed by atoms with Crippen molar-refractivity contribution >= 4 is 23.9 Å². The van der Waals surface area contributed by atoms with Crippen molar-refractivity contribution in [3.05, 3.63) is 83.6 Å².